The Morgan fingerprint density at radius 2 is 1.43 bits per heavy atom. The van der Waals surface area contributed by atoms with Gasteiger partial charge in [-0.25, -0.2) is 0 Å². The minimum Gasteiger partial charge on any atom is -0.678 e. The molecule has 0 rings (SSSR count). The minimum absolute atomic E-state index is 0. The average molecular weight is 385 g/mol. The van der Waals surface area contributed by atoms with Crippen LogP contribution in [0.1, 0.15) is 20.3 Å². The number of nitrogens with one attached hydrogen (secondary N) is 2. The third kappa shape index (κ3) is 30.0. The van der Waals surface area contributed by atoms with Crippen LogP contribution in [0.4, 0.5) is 0 Å². The van der Waals surface area contributed by atoms with Gasteiger partial charge in [0, 0.05) is 0 Å². The van der Waals surface area contributed by atoms with Gasteiger partial charge < -0.3 is 21.7 Å². The molecular formula is C7H14N2O4Pt. The zero-order chi connectivity index (χ0) is 11.1. The molecule has 0 heterocycles. The molecule has 14 heavy (non-hydrogen) atoms. The maximum Gasteiger partial charge on any atom is 2.00 e. The fourth-order valence-corrected chi connectivity index (χ4v) is 0.129. The second kappa shape index (κ2) is 9.12. The van der Waals surface area contributed by atoms with Crippen LogP contribution in [0.5, 0.6) is 0 Å². The number of rotatable bonds is 3. The van der Waals surface area contributed by atoms with E-state index in [1.54, 1.807) is 13.8 Å². The van der Waals surface area contributed by atoms with Gasteiger partial charge in [-0.05, 0) is 0 Å². The zero-order valence-corrected chi connectivity index (χ0v) is 10.2. The SMILES string of the molecule is CC(C)([NH-])C[NH-].O=C(O)CC(=O)O.[Pt+2]. The first-order chi connectivity index (χ1) is 5.69. The quantitative estimate of drug-likeness (QED) is 0.713. The summed E-state index contributed by atoms with van der Waals surface area (Å²) in [5, 5.41) is 15.4. The van der Waals surface area contributed by atoms with E-state index in [1.807, 2.05) is 0 Å². The molecule has 0 aromatic heterocycles. The number of hydrogen-bond donors (Lipinski definition) is 2. The van der Waals surface area contributed by atoms with Gasteiger partial charge in [-0.1, -0.05) is 13.8 Å². The van der Waals surface area contributed by atoms with Gasteiger partial charge in [0.05, 0.1) is 0 Å². The van der Waals surface area contributed by atoms with Crippen LogP contribution in [-0.2, 0) is 30.7 Å². The van der Waals surface area contributed by atoms with Crippen molar-refractivity contribution >= 4 is 11.9 Å². The van der Waals surface area contributed by atoms with Crippen LogP contribution in [0.2, 0.25) is 0 Å². The molecule has 0 radical (unpaired) electrons. The maximum absolute atomic E-state index is 9.43. The Kier molecular flexibility index (Phi) is 12.5. The van der Waals surface area contributed by atoms with Crippen molar-refractivity contribution in [1.29, 1.82) is 0 Å². The number of aliphatic carboxylic acids is 2. The molecule has 0 aliphatic heterocycles. The molecular weight excluding hydrogens is 371 g/mol. The maximum atomic E-state index is 9.43. The molecule has 0 unspecified atom stereocenters. The van der Waals surface area contributed by atoms with Gasteiger partial charge in [-0.3, -0.25) is 9.59 Å². The summed E-state index contributed by atoms with van der Waals surface area (Å²) in [5.74, 6) is -2.62. The van der Waals surface area contributed by atoms with Crippen molar-refractivity contribution in [2.24, 2.45) is 0 Å². The summed E-state index contributed by atoms with van der Waals surface area (Å²) in [6.07, 6.45) is -0.806. The summed E-state index contributed by atoms with van der Waals surface area (Å²) in [5.41, 5.74) is 13.1. The first kappa shape index (κ1) is 19.2. The van der Waals surface area contributed by atoms with Crippen LogP contribution in [0.3, 0.4) is 0 Å². The van der Waals surface area contributed by atoms with Gasteiger partial charge >= 0.3 is 33.0 Å². The number of carbonyl (C=O) groups is 2. The molecule has 0 amide bonds. The summed E-state index contributed by atoms with van der Waals surface area (Å²) >= 11 is 0. The van der Waals surface area contributed by atoms with E-state index in [2.05, 4.69) is 0 Å². The largest absolute Gasteiger partial charge is 2.00 e. The molecule has 0 spiro atoms. The number of carboxylic acid groups (broad SMARTS) is 2. The fraction of sp³-hybridized carbons (Fsp3) is 0.714. The smallest absolute Gasteiger partial charge is 0.678 e. The van der Waals surface area contributed by atoms with Crippen LogP contribution in [-0.4, -0.2) is 34.2 Å². The predicted molar refractivity (Wildman–Crippen MR) is 47.5 cm³/mol. The third-order valence-corrected chi connectivity index (χ3v) is 0.744. The van der Waals surface area contributed by atoms with Crippen molar-refractivity contribution in [3.05, 3.63) is 11.5 Å². The summed E-state index contributed by atoms with van der Waals surface area (Å²) < 4.78 is 0. The molecule has 0 fully saturated rings. The molecule has 4 N–H and O–H groups in total. The molecule has 7 heteroatoms. The normalized spacial score (nSPS) is 9.14. The van der Waals surface area contributed by atoms with Crippen LogP contribution >= 0.6 is 0 Å². The molecule has 0 atom stereocenters. The second-order valence-electron chi connectivity index (χ2n) is 3.02. The van der Waals surface area contributed by atoms with E-state index < -0.39 is 23.9 Å². The summed E-state index contributed by atoms with van der Waals surface area (Å²) in [7, 11) is 0. The van der Waals surface area contributed by atoms with Crippen LogP contribution < -0.4 is 0 Å². The molecule has 0 aliphatic rings. The van der Waals surface area contributed by atoms with Gasteiger partial charge in [-0.2, -0.15) is 12.1 Å². The first-order valence-electron chi connectivity index (χ1n) is 3.52. The van der Waals surface area contributed by atoms with E-state index in [0.29, 0.717) is 0 Å². The zero-order valence-electron chi connectivity index (χ0n) is 7.94. The Labute approximate surface area is 96.9 Å². The van der Waals surface area contributed by atoms with Crippen molar-refractivity contribution in [3.63, 3.8) is 0 Å². The summed E-state index contributed by atoms with van der Waals surface area (Å²) in [6.45, 7) is 3.63. The van der Waals surface area contributed by atoms with E-state index in [1.165, 1.54) is 0 Å². The molecule has 0 saturated carbocycles. The van der Waals surface area contributed by atoms with Gasteiger partial charge in [0.2, 0.25) is 0 Å². The third-order valence-electron chi connectivity index (χ3n) is 0.744. The van der Waals surface area contributed by atoms with E-state index in [4.69, 9.17) is 21.7 Å². The molecule has 0 aliphatic carbocycles. The molecule has 0 aromatic carbocycles. The van der Waals surface area contributed by atoms with E-state index in [9.17, 15) is 9.59 Å². The molecule has 6 nitrogen and oxygen atoms in total. The van der Waals surface area contributed by atoms with Crippen molar-refractivity contribution in [2.45, 2.75) is 25.8 Å². The fourth-order valence-electron chi connectivity index (χ4n) is 0.129. The van der Waals surface area contributed by atoms with E-state index >= 15 is 0 Å². The Hall–Kier alpha value is -0.452. The minimum atomic E-state index is -1.31. The second-order valence-corrected chi connectivity index (χ2v) is 3.02. The number of hydrogen-bond acceptors (Lipinski definition) is 2. The Balaban J connectivity index is -0.000000163. The Bertz CT molecular complexity index is 167. The van der Waals surface area contributed by atoms with Crippen LogP contribution in [0, 0.1) is 0 Å². The monoisotopic (exact) mass is 385 g/mol. The van der Waals surface area contributed by atoms with Crippen LogP contribution in [0.25, 0.3) is 11.5 Å². The molecule has 86 valence electrons. The van der Waals surface area contributed by atoms with Crippen molar-refractivity contribution < 1.29 is 40.9 Å². The topological polar surface area (TPSA) is 122 Å². The molecule has 0 bridgehead atoms. The van der Waals surface area contributed by atoms with Gasteiger partial charge in [-0.15, -0.1) is 0 Å². The van der Waals surface area contributed by atoms with Gasteiger partial charge in [0.25, 0.3) is 0 Å². The van der Waals surface area contributed by atoms with Crippen molar-refractivity contribution in [2.75, 3.05) is 6.54 Å². The predicted octanol–water partition coefficient (Wildman–Crippen LogP) is 1.41. The van der Waals surface area contributed by atoms with Crippen LogP contribution in [0.15, 0.2) is 0 Å². The summed E-state index contributed by atoms with van der Waals surface area (Å²) in [4.78, 5) is 18.9. The molecule has 0 aromatic rings. The van der Waals surface area contributed by atoms with Crippen molar-refractivity contribution in [1.82, 2.24) is 0 Å². The van der Waals surface area contributed by atoms with Gasteiger partial charge in [0.15, 0.2) is 0 Å². The van der Waals surface area contributed by atoms with Gasteiger partial charge in [0.1, 0.15) is 6.42 Å². The first-order valence-corrected chi connectivity index (χ1v) is 3.52. The Morgan fingerprint density at radius 1 is 1.21 bits per heavy atom. The van der Waals surface area contributed by atoms with E-state index in [-0.39, 0.29) is 27.6 Å². The number of carboxylic acids is 2. The average Bonchev–Trinajstić information content (AvgIpc) is 1.84. The van der Waals surface area contributed by atoms with Crippen molar-refractivity contribution in [3.8, 4) is 0 Å². The van der Waals surface area contributed by atoms with E-state index in [0.717, 1.165) is 0 Å². The standard InChI is InChI=1S/C4H10N2.C3H4O4.Pt/c1-4(2,6)3-5;4-2(5)1-3(6)7;/h5-6H,3H2,1-2H3;1H2,(H,4,5)(H,6,7);/q-2;;+2. The molecule has 0 saturated heterocycles. The Morgan fingerprint density at radius 3 is 1.43 bits per heavy atom. The summed E-state index contributed by atoms with van der Waals surface area (Å²) in [6, 6.07) is 0.